The summed E-state index contributed by atoms with van der Waals surface area (Å²) in [5, 5.41) is 22.3. The zero-order valence-electron chi connectivity index (χ0n) is 17.0. The van der Waals surface area contributed by atoms with Crippen LogP contribution in [0.15, 0.2) is 60.7 Å². The maximum absolute atomic E-state index is 13.0. The van der Waals surface area contributed by atoms with Crippen LogP contribution in [0, 0.1) is 0 Å². The van der Waals surface area contributed by atoms with Gasteiger partial charge in [0.05, 0.1) is 6.42 Å². The van der Waals surface area contributed by atoms with Gasteiger partial charge in [0.15, 0.2) is 0 Å². The Morgan fingerprint density at radius 2 is 1.53 bits per heavy atom. The Balaban J connectivity index is 1.86. The topological polar surface area (TPSA) is 86.6 Å². The molecular formula is C24H22F3NO4. The van der Waals surface area contributed by atoms with Gasteiger partial charge in [0.2, 0.25) is 0 Å². The first-order valence-corrected chi connectivity index (χ1v) is 10.0. The predicted molar refractivity (Wildman–Crippen MR) is 114 cm³/mol. The minimum Gasteiger partial charge on any atom is -0.508 e. The number of carbonyl (C=O) groups excluding carboxylic acids is 1. The van der Waals surface area contributed by atoms with E-state index in [1.54, 1.807) is 36.4 Å². The fraction of sp³-hybridized carbons (Fsp3) is 0.250. The van der Waals surface area contributed by atoms with Gasteiger partial charge in [0.1, 0.15) is 5.75 Å². The largest absolute Gasteiger partial charge is 0.508 e. The van der Waals surface area contributed by atoms with Crippen LogP contribution >= 0.6 is 0 Å². The average Bonchev–Trinajstić information content (AvgIpc) is 2.73. The van der Waals surface area contributed by atoms with E-state index in [0.29, 0.717) is 16.7 Å². The molecule has 0 spiro atoms. The van der Waals surface area contributed by atoms with Crippen molar-refractivity contribution in [2.75, 3.05) is 6.54 Å². The van der Waals surface area contributed by atoms with Gasteiger partial charge >= 0.3 is 12.1 Å². The van der Waals surface area contributed by atoms with E-state index in [2.05, 4.69) is 5.32 Å². The Hall–Kier alpha value is -3.55. The van der Waals surface area contributed by atoms with Crippen molar-refractivity contribution in [2.24, 2.45) is 0 Å². The summed E-state index contributed by atoms with van der Waals surface area (Å²) in [5.74, 6) is -1.91. The Labute approximate surface area is 182 Å². The summed E-state index contributed by atoms with van der Waals surface area (Å²) in [6.45, 7) is -0.0171. The van der Waals surface area contributed by atoms with Gasteiger partial charge in [-0.3, -0.25) is 9.59 Å². The maximum atomic E-state index is 13.0. The number of phenols is 1. The van der Waals surface area contributed by atoms with Crippen LogP contribution < -0.4 is 5.32 Å². The molecule has 1 amide bonds. The highest BCUT2D eigenvalue weighted by Crippen LogP contribution is 2.35. The number of carboxylic acids is 1. The lowest BCUT2D eigenvalue weighted by Crippen LogP contribution is -2.25. The van der Waals surface area contributed by atoms with E-state index >= 15 is 0 Å². The molecule has 5 nitrogen and oxygen atoms in total. The second-order valence-corrected chi connectivity index (χ2v) is 7.52. The Morgan fingerprint density at radius 3 is 2.19 bits per heavy atom. The second kappa shape index (κ2) is 9.72. The number of nitrogens with one attached hydrogen (secondary N) is 1. The standard InChI is InChI=1S/C24H22F3NO4/c25-24(26,27)11-9-21(19-6-5-18-14-20(29)8-7-17(18)13-19)15-1-3-16(4-2-15)23(32)28-12-10-22(30)31/h1-8,13-14,21,29H,9-12H2,(H,28,32)(H,30,31)/t21-/m1/s1. The molecule has 0 aliphatic rings. The molecule has 3 N–H and O–H groups in total. The highest BCUT2D eigenvalue weighted by molar-refractivity contribution is 5.94. The molecule has 0 radical (unpaired) electrons. The summed E-state index contributed by atoms with van der Waals surface area (Å²) in [5.41, 5.74) is 1.63. The number of rotatable bonds is 8. The molecule has 3 rings (SSSR count). The number of aliphatic carboxylic acids is 1. The van der Waals surface area contributed by atoms with Gasteiger partial charge in [-0.1, -0.05) is 36.4 Å². The molecule has 0 heterocycles. The normalized spacial score (nSPS) is 12.5. The van der Waals surface area contributed by atoms with E-state index in [9.17, 15) is 27.9 Å². The Morgan fingerprint density at radius 1 is 0.906 bits per heavy atom. The minimum absolute atomic E-state index is 0.0171. The van der Waals surface area contributed by atoms with Crippen LogP contribution in [0.2, 0.25) is 0 Å². The van der Waals surface area contributed by atoms with Crippen LogP contribution in [-0.4, -0.2) is 34.8 Å². The summed E-state index contributed by atoms with van der Waals surface area (Å²) < 4.78 is 38.9. The van der Waals surface area contributed by atoms with Crippen molar-refractivity contribution >= 4 is 22.6 Å². The molecule has 0 saturated carbocycles. The van der Waals surface area contributed by atoms with E-state index in [1.807, 2.05) is 6.07 Å². The van der Waals surface area contributed by atoms with E-state index in [-0.39, 0.29) is 25.1 Å². The average molecular weight is 445 g/mol. The number of amides is 1. The number of benzene rings is 3. The predicted octanol–water partition coefficient (Wildman–Crippen LogP) is 5.22. The van der Waals surface area contributed by atoms with Crippen molar-refractivity contribution < 1.29 is 33.0 Å². The molecular weight excluding hydrogens is 423 g/mol. The van der Waals surface area contributed by atoms with Gasteiger partial charge in [0, 0.05) is 24.4 Å². The summed E-state index contributed by atoms with van der Waals surface area (Å²) >= 11 is 0. The van der Waals surface area contributed by atoms with Crippen molar-refractivity contribution in [3.05, 3.63) is 77.4 Å². The summed E-state index contributed by atoms with van der Waals surface area (Å²) in [4.78, 5) is 22.7. The van der Waals surface area contributed by atoms with Crippen molar-refractivity contribution in [1.29, 1.82) is 0 Å². The van der Waals surface area contributed by atoms with Gasteiger partial charge in [-0.05, 0) is 52.6 Å². The third kappa shape index (κ3) is 6.23. The van der Waals surface area contributed by atoms with E-state index < -0.39 is 30.4 Å². The number of carboxylic acid groups (broad SMARTS) is 1. The van der Waals surface area contributed by atoms with Gasteiger partial charge in [-0.15, -0.1) is 0 Å². The molecule has 0 aromatic heterocycles. The molecule has 0 unspecified atom stereocenters. The number of carbonyl (C=O) groups is 2. The third-order valence-electron chi connectivity index (χ3n) is 5.17. The lowest BCUT2D eigenvalue weighted by Gasteiger charge is -2.20. The number of halogens is 3. The van der Waals surface area contributed by atoms with E-state index in [1.165, 1.54) is 18.2 Å². The van der Waals surface area contributed by atoms with Gasteiger partial charge in [-0.25, -0.2) is 0 Å². The van der Waals surface area contributed by atoms with Crippen molar-refractivity contribution in [1.82, 2.24) is 5.32 Å². The second-order valence-electron chi connectivity index (χ2n) is 7.52. The lowest BCUT2D eigenvalue weighted by atomic mass is 9.86. The third-order valence-corrected chi connectivity index (χ3v) is 5.17. The van der Waals surface area contributed by atoms with Crippen LogP contribution in [0.3, 0.4) is 0 Å². The van der Waals surface area contributed by atoms with Gasteiger partial charge in [-0.2, -0.15) is 13.2 Å². The molecule has 0 bridgehead atoms. The number of aromatic hydroxyl groups is 1. The minimum atomic E-state index is -4.30. The number of phenolic OH excluding ortho intramolecular Hbond substituents is 1. The van der Waals surface area contributed by atoms with Crippen LogP contribution in [0.4, 0.5) is 13.2 Å². The van der Waals surface area contributed by atoms with Crippen LogP contribution in [-0.2, 0) is 4.79 Å². The monoisotopic (exact) mass is 445 g/mol. The summed E-state index contributed by atoms with van der Waals surface area (Å²) in [6, 6.07) is 16.4. The van der Waals surface area contributed by atoms with Crippen molar-refractivity contribution in [3.8, 4) is 5.75 Å². The number of fused-ring (bicyclic) bond motifs is 1. The lowest BCUT2D eigenvalue weighted by molar-refractivity contribution is -0.137. The fourth-order valence-electron chi connectivity index (χ4n) is 3.55. The highest BCUT2D eigenvalue weighted by Gasteiger charge is 2.29. The Bertz CT molecular complexity index is 1110. The molecule has 1 atom stereocenters. The molecule has 32 heavy (non-hydrogen) atoms. The van der Waals surface area contributed by atoms with Crippen LogP contribution in [0.25, 0.3) is 10.8 Å². The first-order valence-electron chi connectivity index (χ1n) is 10.0. The molecule has 3 aromatic rings. The quantitative estimate of drug-likeness (QED) is 0.444. The van der Waals surface area contributed by atoms with Crippen molar-refractivity contribution in [3.63, 3.8) is 0 Å². The molecule has 168 valence electrons. The fourth-order valence-corrected chi connectivity index (χ4v) is 3.55. The first kappa shape index (κ1) is 23.1. The Kier molecular flexibility index (Phi) is 7.02. The van der Waals surface area contributed by atoms with E-state index in [0.717, 1.165) is 10.8 Å². The molecule has 3 aromatic carbocycles. The van der Waals surface area contributed by atoms with Crippen molar-refractivity contribution in [2.45, 2.75) is 31.4 Å². The SMILES string of the molecule is O=C(O)CCNC(=O)c1ccc([C@@H](CCC(F)(F)F)c2ccc3cc(O)ccc3c2)cc1. The zero-order valence-corrected chi connectivity index (χ0v) is 17.0. The smallest absolute Gasteiger partial charge is 0.389 e. The van der Waals surface area contributed by atoms with Gasteiger partial charge < -0.3 is 15.5 Å². The molecule has 0 aliphatic heterocycles. The molecule has 0 saturated heterocycles. The van der Waals surface area contributed by atoms with Crippen LogP contribution in [0.5, 0.6) is 5.75 Å². The maximum Gasteiger partial charge on any atom is 0.389 e. The first-order chi connectivity index (χ1) is 15.1. The number of alkyl halides is 3. The molecule has 8 heteroatoms. The van der Waals surface area contributed by atoms with E-state index in [4.69, 9.17) is 5.11 Å². The van der Waals surface area contributed by atoms with Gasteiger partial charge in [0.25, 0.3) is 5.91 Å². The summed E-state index contributed by atoms with van der Waals surface area (Å²) in [6.07, 6.45) is -5.62. The summed E-state index contributed by atoms with van der Waals surface area (Å²) in [7, 11) is 0. The number of hydrogen-bond acceptors (Lipinski definition) is 3. The highest BCUT2D eigenvalue weighted by atomic mass is 19.4. The molecule has 0 fully saturated rings. The zero-order chi connectivity index (χ0) is 23.3. The molecule has 0 aliphatic carbocycles. The van der Waals surface area contributed by atoms with Crippen LogP contribution in [0.1, 0.15) is 46.7 Å². The number of hydrogen-bond donors (Lipinski definition) is 3.